The molecule has 1 aromatic heterocycles. The maximum Gasteiger partial charge on any atom is 0.235 e. The molecular formula is C9H16N4O. The number of rotatable bonds is 4. The first-order chi connectivity index (χ1) is 6.69. The molecular weight excluding hydrogens is 180 g/mol. The zero-order chi connectivity index (χ0) is 10.6. The molecule has 1 rings (SSSR count). The molecule has 1 atom stereocenters. The summed E-state index contributed by atoms with van der Waals surface area (Å²) in [6, 6.07) is 0.0935. The van der Waals surface area contributed by atoms with Crippen LogP contribution < -0.4 is 11.3 Å². The van der Waals surface area contributed by atoms with Gasteiger partial charge in [-0.15, -0.1) is 0 Å². The summed E-state index contributed by atoms with van der Waals surface area (Å²) in [5.74, 6) is 5.85. The predicted molar refractivity (Wildman–Crippen MR) is 53.3 cm³/mol. The molecule has 1 aromatic rings. The number of aromatic nitrogens is 2. The summed E-state index contributed by atoms with van der Waals surface area (Å²) >= 11 is 0. The van der Waals surface area contributed by atoms with Gasteiger partial charge in [0, 0.05) is 31.3 Å². The molecule has 0 saturated heterocycles. The van der Waals surface area contributed by atoms with Crippen LogP contribution in [-0.4, -0.2) is 15.5 Å². The fraction of sp³-hybridized carbons (Fsp3) is 0.556. The Bertz CT molecular complexity index is 308. The molecule has 0 radical (unpaired) electrons. The summed E-state index contributed by atoms with van der Waals surface area (Å²) in [6.07, 6.45) is 4.87. The second-order valence-electron chi connectivity index (χ2n) is 3.22. The smallest absolute Gasteiger partial charge is 0.235 e. The lowest BCUT2D eigenvalue weighted by molar-refractivity contribution is -0.121. The van der Waals surface area contributed by atoms with E-state index in [0.29, 0.717) is 6.42 Å². The molecule has 1 unspecified atom stereocenters. The first-order valence-corrected chi connectivity index (χ1v) is 4.70. The lowest BCUT2D eigenvalue weighted by Gasteiger charge is -2.14. The minimum atomic E-state index is -0.159. The number of nitrogens with zero attached hydrogens (tertiary/aromatic N) is 2. The average Bonchev–Trinajstić information content (AvgIpc) is 2.65. The average molecular weight is 196 g/mol. The van der Waals surface area contributed by atoms with Crippen LogP contribution in [0, 0.1) is 0 Å². The van der Waals surface area contributed by atoms with Crippen molar-refractivity contribution in [2.75, 3.05) is 0 Å². The van der Waals surface area contributed by atoms with Gasteiger partial charge in [0.1, 0.15) is 5.82 Å². The van der Waals surface area contributed by atoms with Crippen LogP contribution in [0.15, 0.2) is 12.4 Å². The van der Waals surface area contributed by atoms with Crippen molar-refractivity contribution in [2.24, 2.45) is 5.84 Å². The third-order valence-electron chi connectivity index (χ3n) is 2.18. The van der Waals surface area contributed by atoms with Gasteiger partial charge in [-0.2, -0.15) is 0 Å². The zero-order valence-electron chi connectivity index (χ0n) is 8.53. The molecule has 0 aliphatic carbocycles. The Hall–Kier alpha value is -1.36. The highest BCUT2D eigenvalue weighted by atomic mass is 16.2. The van der Waals surface area contributed by atoms with E-state index >= 15 is 0 Å². The summed E-state index contributed by atoms with van der Waals surface area (Å²) in [5.41, 5.74) is 2.12. The van der Waals surface area contributed by atoms with Crippen molar-refractivity contribution in [3.8, 4) is 0 Å². The first-order valence-electron chi connectivity index (χ1n) is 4.70. The van der Waals surface area contributed by atoms with Gasteiger partial charge in [0.05, 0.1) is 0 Å². The molecule has 0 bridgehead atoms. The molecule has 0 aromatic carbocycles. The van der Waals surface area contributed by atoms with E-state index in [-0.39, 0.29) is 11.9 Å². The van der Waals surface area contributed by atoms with E-state index in [1.165, 1.54) is 0 Å². The van der Waals surface area contributed by atoms with Crippen molar-refractivity contribution >= 4 is 5.91 Å². The monoisotopic (exact) mass is 196 g/mol. The Kier molecular flexibility index (Phi) is 3.64. The molecule has 78 valence electrons. The number of hydrogen-bond donors (Lipinski definition) is 2. The molecule has 0 fully saturated rings. The molecule has 1 heterocycles. The zero-order valence-corrected chi connectivity index (χ0v) is 8.53. The van der Waals surface area contributed by atoms with Crippen LogP contribution in [0.3, 0.4) is 0 Å². The van der Waals surface area contributed by atoms with Crippen LogP contribution in [0.4, 0.5) is 0 Å². The molecule has 14 heavy (non-hydrogen) atoms. The van der Waals surface area contributed by atoms with Crippen molar-refractivity contribution in [3.05, 3.63) is 18.2 Å². The van der Waals surface area contributed by atoms with Crippen molar-refractivity contribution in [1.29, 1.82) is 0 Å². The summed E-state index contributed by atoms with van der Waals surface area (Å²) < 4.78 is 2.00. The van der Waals surface area contributed by atoms with Crippen molar-refractivity contribution < 1.29 is 4.79 Å². The topological polar surface area (TPSA) is 72.9 Å². The fourth-order valence-corrected chi connectivity index (χ4v) is 1.44. The quantitative estimate of drug-likeness (QED) is 0.415. The fourth-order valence-electron chi connectivity index (χ4n) is 1.44. The van der Waals surface area contributed by atoms with Gasteiger partial charge in [-0.3, -0.25) is 10.2 Å². The highest BCUT2D eigenvalue weighted by Crippen LogP contribution is 2.13. The highest BCUT2D eigenvalue weighted by Gasteiger charge is 2.11. The molecule has 3 N–H and O–H groups in total. The van der Waals surface area contributed by atoms with Crippen LogP contribution in [0.5, 0.6) is 0 Å². The Morgan fingerprint density at radius 1 is 1.79 bits per heavy atom. The van der Waals surface area contributed by atoms with Gasteiger partial charge in [-0.1, -0.05) is 6.92 Å². The maximum absolute atomic E-state index is 11.0. The third kappa shape index (κ3) is 2.32. The lowest BCUT2D eigenvalue weighted by Crippen LogP contribution is -2.31. The SMILES string of the molecule is CCc1nccn1C(C)CC(=O)NN. The number of nitrogens with two attached hydrogens (primary N) is 1. The van der Waals surface area contributed by atoms with E-state index in [0.717, 1.165) is 12.2 Å². The van der Waals surface area contributed by atoms with E-state index in [1.807, 2.05) is 24.6 Å². The van der Waals surface area contributed by atoms with Gasteiger partial charge >= 0.3 is 0 Å². The van der Waals surface area contributed by atoms with E-state index in [4.69, 9.17) is 5.84 Å². The predicted octanol–water partition coefficient (Wildman–Crippen LogP) is 0.387. The number of carbonyl (C=O) groups excluding carboxylic acids is 1. The Morgan fingerprint density at radius 3 is 3.07 bits per heavy atom. The van der Waals surface area contributed by atoms with Gasteiger partial charge in [0.25, 0.3) is 0 Å². The minimum absolute atomic E-state index is 0.0935. The number of nitrogens with one attached hydrogen (secondary N) is 1. The number of aryl methyl sites for hydroxylation is 1. The first kappa shape index (κ1) is 10.7. The molecule has 0 aliphatic rings. The molecule has 1 amide bonds. The summed E-state index contributed by atoms with van der Waals surface area (Å²) in [5, 5.41) is 0. The largest absolute Gasteiger partial charge is 0.332 e. The van der Waals surface area contributed by atoms with E-state index < -0.39 is 0 Å². The number of hydrogen-bond acceptors (Lipinski definition) is 3. The Labute approximate surface area is 83.3 Å². The highest BCUT2D eigenvalue weighted by molar-refractivity contribution is 5.75. The summed E-state index contributed by atoms with van der Waals surface area (Å²) in [7, 11) is 0. The van der Waals surface area contributed by atoms with E-state index in [1.54, 1.807) is 6.20 Å². The second kappa shape index (κ2) is 4.76. The number of amides is 1. The van der Waals surface area contributed by atoms with Crippen molar-refractivity contribution in [3.63, 3.8) is 0 Å². The molecule has 5 heteroatoms. The van der Waals surface area contributed by atoms with Crippen LogP contribution in [0.25, 0.3) is 0 Å². The van der Waals surface area contributed by atoms with Gasteiger partial charge in [-0.25, -0.2) is 10.8 Å². The number of imidazole rings is 1. The van der Waals surface area contributed by atoms with E-state index in [9.17, 15) is 4.79 Å². The number of carbonyl (C=O) groups is 1. The van der Waals surface area contributed by atoms with Gasteiger partial charge in [0.2, 0.25) is 5.91 Å². The Morgan fingerprint density at radius 2 is 2.50 bits per heavy atom. The van der Waals surface area contributed by atoms with Crippen LogP contribution >= 0.6 is 0 Å². The molecule has 0 aliphatic heterocycles. The Balaban J connectivity index is 2.68. The van der Waals surface area contributed by atoms with E-state index in [2.05, 4.69) is 10.4 Å². The van der Waals surface area contributed by atoms with Crippen LogP contribution in [0.2, 0.25) is 0 Å². The number of hydrazine groups is 1. The van der Waals surface area contributed by atoms with Crippen molar-refractivity contribution in [2.45, 2.75) is 32.7 Å². The molecule has 0 spiro atoms. The summed E-state index contributed by atoms with van der Waals surface area (Å²) in [6.45, 7) is 4.00. The summed E-state index contributed by atoms with van der Waals surface area (Å²) in [4.78, 5) is 15.2. The molecule has 5 nitrogen and oxygen atoms in total. The normalized spacial score (nSPS) is 12.5. The van der Waals surface area contributed by atoms with Crippen LogP contribution in [0.1, 0.15) is 32.1 Å². The second-order valence-corrected chi connectivity index (χ2v) is 3.22. The van der Waals surface area contributed by atoms with Crippen molar-refractivity contribution in [1.82, 2.24) is 15.0 Å². The maximum atomic E-state index is 11.0. The third-order valence-corrected chi connectivity index (χ3v) is 2.18. The standard InChI is InChI=1S/C9H16N4O/c1-3-8-11-4-5-13(8)7(2)6-9(14)12-10/h4-5,7H,3,6,10H2,1-2H3,(H,12,14). The van der Waals surface area contributed by atoms with Crippen LogP contribution in [-0.2, 0) is 11.2 Å². The molecule has 0 saturated carbocycles. The van der Waals surface area contributed by atoms with Gasteiger partial charge in [0.15, 0.2) is 0 Å². The minimum Gasteiger partial charge on any atom is -0.332 e. The lowest BCUT2D eigenvalue weighted by atomic mass is 10.2. The van der Waals surface area contributed by atoms with Gasteiger partial charge < -0.3 is 4.57 Å². The van der Waals surface area contributed by atoms with Gasteiger partial charge in [-0.05, 0) is 6.92 Å².